The minimum Gasteiger partial charge on any atom is -0.476 e. The van der Waals surface area contributed by atoms with Crippen LogP contribution in [0.4, 0.5) is 5.82 Å². The highest BCUT2D eigenvalue weighted by atomic mass is 35.5. The summed E-state index contributed by atoms with van der Waals surface area (Å²) in [5.41, 5.74) is -0.919. The SMILES string of the molecule is CC1CCC(O)(CNc2ccc(Cl)c(C(=O)O)n2)CC1. The Hall–Kier alpha value is -1.33. The van der Waals surface area contributed by atoms with E-state index >= 15 is 0 Å². The van der Waals surface area contributed by atoms with Gasteiger partial charge in [-0.3, -0.25) is 0 Å². The molecule has 1 aliphatic carbocycles. The first-order valence-corrected chi connectivity index (χ1v) is 7.13. The van der Waals surface area contributed by atoms with Crippen molar-refractivity contribution in [2.24, 2.45) is 5.92 Å². The number of aliphatic hydroxyl groups is 1. The zero-order valence-electron chi connectivity index (χ0n) is 11.4. The van der Waals surface area contributed by atoms with Crippen LogP contribution in [0.5, 0.6) is 0 Å². The summed E-state index contributed by atoms with van der Waals surface area (Å²) in [6, 6.07) is 3.11. The predicted octanol–water partition coefficient (Wildman–Crippen LogP) is 2.79. The van der Waals surface area contributed by atoms with Crippen molar-refractivity contribution in [3.63, 3.8) is 0 Å². The van der Waals surface area contributed by atoms with Crippen LogP contribution in [0, 0.1) is 5.92 Å². The Kier molecular flexibility index (Phi) is 4.50. The number of carboxylic acids is 1. The van der Waals surface area contributed by atoms with E-state index in [4.69, 9.17) is 16.7 Å². The van der Waals surface area contributed by atoms with Crippen LogP contribution in [-0.4, -0.2) is 33.3 Å². The van der Waals surface area contributed by atoms with Crippen LogP contribution < -0.4 is 5.32 Å². The van der Waals surface area contributed by atoms with Crippen LogP contribution in [0.3, 0.4) is 0 Å². The highest BCUT2D eigenvalue weighted by Gasteiger charge is 2.31. The first-order chi connectivity index (χ1) is 9.39. The van der Waals surface area contributed by atoms with Gasteiger partial charge in [0.05, 0.1) is 10.6 Å². The maximum atomic E-state index is 11.0. The van der Waals surface area contributed by atoms with Crippen molar-refractivity contribution in [2.45, 2.75) is 38.2 Å². The lowest BCUT2D eigenvalue weighted by molar-refractivity contribution is 0.00495. The normalized spacial score (nSPS) is 26.2. The van der Waals surface area contributed by atoms with Crippen LogP contribution >= 0.6 is 11.6 Å². The van der Waals surface area contributed by atoms with E-state index in [9.17, 15) is 9.90 Å². The van der Waals surface area contributed by atoms with E-state index in [0.29, 0.717) is 18.3 Å². The summed E-state index contributed by atoms with van der Waals surface area (Å²) in [7, 11) is 0. The van der Waals surface area contributed by atoms with Gasteiger partial charge >= 0.3 is 5.97 Å². The predicted molar refractivity (Wildman–Crippen MR) is 77.3 cm³/mol. The van der Waals surface area contributed by atoms with Gasteiger partial charge in [0, 0.05) is 6.54 Å². The molecule has 0 saturated heterocycles. The number of hydrogen-bond donors (Lipinski definition) is 3. The van der Waals surface area contributed by atoms with Crippen LogP contribution in [0.1, 0.15) is 43.1 Å². The highest BCUT2D eigenvalue weighted by molar-refractivity contribution is 6.33. The van der Waals surface area contributed by atoms with Gasteiger partial charge in [0.25, 0.3) is 0 Å². The van der Waals surface area contributed by atoms with Gasteiger partial charge in [-0.25, -0.2) is 9.78 Å². The smallest absolute Gasteiger partial charge is 0.356 e. The Morgan fingerprint density at radius 3 is 2.75 bits per heavy atom. The number of nitrogens with one attached hydrogen (secondary N) is 1. The fraction of sp³-hybridized carbons (Fsp3) is 0.571. The second-order valence-electron chi connectivity index (χ2n) is 5.59. The molecule has 3 N–H and O–H groups in total. The van der Waals surface area contributed by atoms with E-state index in [2.05, 4.69) is 17.2 Å². The molecule has 2 rings (SSSR count). The van der Waals surface area contributed by atoms with Gasteiger partial charge in [-0.15, -0.1) is 0 Å². The lowest BCUT2D eigenvalue weighted by Crippen LogP contribution is -2.40. The second-order valence-corrected chi connectivity index (χ2v) is 6.00. The van der Waals surface area contributed by atoms with Gasteiger partial charge in [0.2, 0.25) is 0 Å². The minimum atomic E-state index is -1.16. The van der Waals surface area contributed by atoms with Crippen molar-refractivity contribution in [1.29, 1.82) is 0 Å². The number of rotatable bonds is 4. The van der Waals surface area contributed by atoms with Gasteiger partial charge in [0.1, 0.15) is 5.82 Å². The Labute approximate surface area is 123 Å². The van der Waals surface area contributed by atoms with Crippen LogP contribution in [0.15, 0.2) is 12.1 Å². The Morgan fingerprint density at radius 1 is 1.50 bits per heavy atom. The second kappa shape index (κ2) is 5.97. The molecular formula is C14H19ClN2O3. The molecule has 5 nitrogen and oxygen atoms in total. The van der Waals surface area contributed by atoms with Crippen LogP contribution in [0.25, 0.3) is 0 Å². The molecule has 1 heterocycles. The lowest BCUT2D eigenvalue weighted by atomic mass is 9.79. The van der Waals surface area contributed by atoms with Crippen molar-refractivity contribution in [1.82, 2.24) is 4.98 Å². The summed E-state index contributed by atoms with van der Waals surface area (Å²) in [5, 5.41) is 22.5. The summed E-state index contributed by atoms with van der Waals surface area (Å²) in [4.78, 5) is 14.9. The van der Waals surface area contributed by atoms with Gasteiger partial charge in [-0.2, -0.15) is 0 Å². The summed E-state index contributed by atoms with van der Waals surface area (Å²) in [6.07, 6.45) is 3.51. The van der Waals surface area contributed by atoms with E-state index in [1.165, 1.54) is 6.07 Å². The maximum absolute atomic E-state index is 11.0. The molecule has 1 aromatic rings. The number of carbonyl (C=O) groups is 1. The molecular weight excluding hydrogens is 280 g/mol. The number of nitrogens with zero attached hydrogens (tertiary/aromatic N) is 1. The molecule has 1 aliphatic rings. The number of halogens is 1. The maximum Gasteiger partial charge on any atom is 0.356 e. The molecule has 0 aliphatic heterocycles. The molecule has 110 valence electrons. The minimum absolute atomic E-state index is 0.105. The van der Waals surface area contributed by atoms with Gasteiger partial charge in [0.15, 0.2) is 5.69 Å². The number of aromatic nitrogens is 1. The van der Waals surface area contributed by atoms with Crippen molar-refractivity contribution >= 4 is 23.4 Å². The third-order valence-electron chi connectivity index (χ3n) is 3.85. The lowest BCUT2D eigenvalue weighted by Gasteiger charge is -2.35. The fourth-order valence-corrected chi connectivity index (χ4v) is 2.61. The van der Waals surface area contributed by atoms with Crippen molar-refractivity contribution < 1.29 is 15.0 Å². The monoisotopic (exact) mass is 298 g/mol. The fourth-order valence-electron chi connectivity index (χ4n) is 2.42. The average molecular weight is 299 g/mol. The van der Waals surface area contributed by atoms with Crippen molar-refractivity contribution in [2.75, 3.05) is 11.9 Å². The summed E-state index contributed by atoms with van der Waals surface area (Å²) in [6.45, 7) is 2.56. The molecule has 1 saturated carbocycles. The first-order valence-electron chi connectivity index (χ1n) is 6.76. The summed E-state index contributed by atoms with van der Waals surface area (Å²) in [5.74, 6) is -0.0924. The molecule has 0 radical (unpaired) electrons. The van der Waals surface area contributed by atoms with Gasteiger partial charge < -0.3 is 15.5 Å². The number of pyridine rings is 1. The molecule has 0 atom stereocenters. The zero-order valence-corrected chi connectivity index (χ0v) is 12.2. The van der Waals surface area contributed by atoms with Crippen LogP contribution in [-0.2, 0) is 0 Å². The average Bonchev–Trinajstić information content (AvgIpc) is 2.41. The quantitative estimate of drug-likeness (QED) is 0.796. The number of aromatic carboxylic acids is 1. The Morgan fingerprint density at radius 2 is 2.15 bits per heavy atom. The molecule has 20 heavy (non-hydrogen) atoms. The van der Waals surface area contributed by atoms with E-state index in [1.807, 2.05) is 0 Å². The largest absolute Gasteiger partial charge is 0.476 e. The van der Waals surface area contributed by atoms with E-state index < -0.39 is 11.6 Å². The molecule has 0 bridgehead atoms. The Bertz CT molecular complexity index is 499. The summed E-state index contributed by atoms with van der Waals surface area (Å²) < 4.78 is 0. The van der Waals surface area contributed by atoms with E-state index in [1.54, 1.807) is 6.07 Å². The first kappa shape index (κ1) is 15.1. The van der Waals surface area contributed by atoms with Gasteiger partial charge in [-0.05, 0) is 43.7 Å². The van der Waals surface area contributed by atoms with E-state index in [0.717, 1.165) is 25.7 Å². The number of anilines is 1. The molecule has 0 amide bonds. The molecule has 1 fully saturated rings. The standard InChI is InChI=1S/C14H19ClN2O3/c1-9-4-6-14(20,7-5-9)8-16-11-3-2-10(15)12(17-11)13(18)19/h2-3,9,20H,4-8H2,1H3,(H,16,17)(H,18,19). The molecule has 0 spiro atoms. The molecule has 6 heteroatoms. The van der Waals surface area contributed by atoms with Crippen molar-refractivity contribution in [3.8, 4) is 0 Å². The topological polar surface area (TPSA) is 82.5 Å². The van der Waals surface area contributed by atoms with Crippen LogP contribution in [0.2, 0.25) is 5.02 Å². The molecule has 0 aromatic carbocycles. The third kappa shape index (κ3) is 3.61. The van der Waals surface area contributed by atoms with Crippen molar-refractivity contribution in [3.05, 3.63) is 22.8 Å². The number of carboxylic acid groups (broad SMARTS) is 1. The third-order valence-corrected chi connectivity index (χ3v) is 4.16. The molecule has 1 aromatic heterocycles. The molecule has 0 unspecified atom stereocenters. The highest BCUT2D eigenvalue weighted by Crippen LogP contribution is 2.32. The zero-order chi connectivity index (χ0) is 14.8. The van der Waals surface area contributed by atoms with E-state index in [-0.39, 0.29) is 10.7 Å². The summed E-state index contributed by atoms with van der Waals surface area (Å²) >= 11 is 5.76. The Balaban J connectivity index is 2.00. The number of hydrogen-bond acceptors (Lipinski definition) is 4. The van der Waals surface area contributed by atoms with Gasteiger partial charge in [-0.1, -0.05) is 18.5 Å².